The predicted octanol–water partition coefficient (Wildman–Crippen LogP) is 10.6. The average molecular weight is 415 g/mol. The molecule has 0 amide bonds. The highest BCUT2D eigenvalue weighted by molar-refractivity contribution is 5.25. The van der Waals surface area contributed by atoms with Crippen molar-refractivity contribution in [3.05, 3.63) is 47.6 Å². The Kier molecular flexibility index (Phi) is 17.0. The maximum Gasteiger partial charge on any atom is -0.0247 e. The Bertz CT molecular complexity index is 526. The van der Waals surface area contributed by atoms with E-state index in [0.29, 0.717) is 0 Å². The topological polar surface area (TPSA) is 0 Å². The molecule has 0 nitrogen and oxygen atoms in total. The van der Waals surface area contributed by atoms with Crippen LogP contribution in [0, 0.1) is 17.8 Å². The summed E-state index contributed by atoms with van der Waals surface area (Å²) in [6.07, 6.45) is 19.9. The van der Waals surface area contributed by atoms with Crippen LogP contribution in [0.2, 0.25) is 0 Å². The summed E-state index contributed by atoms with van der Waals surface area (Å²) in [5.41, 5.74) is 5.45. The monoisotopic (exact) mass is 414 g/mol. The zero-order valence-electron chi connectivity index (χ0n) is 21.8. The molecule has 0 aliphatic carbocycles. The summed E-state index contributed by atoms with van der Waals surface area (Å²) in [6.45, 7) is 24.8. The number of rotatable bonds is 18. The third kappa shape index (κ3) is 16.7. The summed E-state index contributed by atoms with van der Waals surface area (Å²) in [5, 5.41) is 0. The zero-order valence-corrected chi connectivity index (χ0v) is 21.8. The average Bonchev–Trinajstić information content (AvgIpc) is 2.67. The molecule has 0 saturated heterocycles. The molecular weight excluding hydrogens is 360 g/mol. The second-order valence-electron chi connectivity index (χ2n) is 10.4. The van der Waals surface area contributed by atoms with Crippen LogP contribution in [0.25, 0.3) is 0 Å². The van der Waals surface area contributed by atoms with E-state index in [1.165, 1.54) is 73.7 Å². The number of allylic oxidation sites excluding steroid dienone is 6. The van der Waals surface area contributed by atoms with Crippen molar-refractivity contribution in [1.82, 2.24) is 0 Å². The molecule has 0 aliphatic rings. The molecule has 0 aromatic carbocycles. The molecule has 0 spiro atoms. The van der Waals surface area contributed by atoms with E-state index in [0.717, 1.165) is 43.4 Å². The van der Waals surface area contributed by atoms with Gasteiger partial charge in [-0.2, -0.15) is 0 Å². The molecule has 30 heavy (non-hydrogen) atoms. The minimum Gasteiger partial charge on any atom is -0.0956 e. The minimum atomic E-state index is 0.725. The first-order valence-corrected chi connectivity index (χ1v) is 12.8. The molecule has 0 rings (SSSR count). The molecule has 3 unspecified atom stereocenters. The molecule has 0 heteroatoms. The Morgan fingerprint density at radius 3 is 1.80 bits per heavy atom. The van der Waals surface area contributed by atoms with E-state index in [9.17, 15) is 0 Å². The van der Waals surface area contributed by atoms with Gasteiger partial charge in [-0.15, -0.1) is 0 Å². The molecule has 0 aliphatic heterocycles. The standard InChI is InChI=1S/C30H54/c1-10-25(4)16-12-18-27(6)19-13-21-28(7)23-30(9)29(8)22-14-20-26(5)17-11-15-24(2)3/h15,20,25,27-28H,8-14,16-19,21-23H2,1-7H3. The van der Waals surface area contributed by atoms with E-state index in [-0.39, 0.29) is 0 Å². The van der Waals surface area contributed by atoms with Crippen molar-refractivity contribution in [3.8, 4) is 0 Å². The number of hydrogen-bond donors (Lipinski definition) is 0. The summed E-state index contributed by atoms with van der Waals surface area (Å²) in [7, 11) is 0. The molecule has 0 aromatic heterocycles. The fourth-order valence-corrected chi connectivity index (χ4v) is 4.01. The first-order valence-electron chi connectivity index (χ1n) is 12.8. The van der Waals surface area contributed by atoms with E-state index in [1.807, 2.05) is 0 Å². The first-order chi connectivity index (χ1) is 14.1. The van der Waals surface area contributed by atoms with E-state index < -0.39 is 0 Å². The van der Waals surface area contributed by atoms with Crippen molar-refractivity contribution in [2.24, 2.45) is 17.8 Å². The van der Waals surface area contributed by atoms with E-state index in [2.05, 4.69) is 73.8 Å². The third-order valence-electron chi connectivity index (χ3n) is 6.61. The Morgan fingerprint density at radius 1 is 0.700 bits per heavy atom. The summed E-state index contributed by atoms with van der Waals surface area (Å²) in [5.74, 6) is 2.51. The molecule has 174 valence electrons. The fourth-order valence-electron chi connectivity index (χ4n) is 4.01. The maximum atomic E-state index is 4.34. The highest BCUT2D eigenvalue weighted by atomic mass is 14.2. The second kappa shape index (κ2) is 17.6. The van der Waals surface area contributed by atoms with Crippen LogP contribution >= 0.6 is 0 Å². The van der Waals surface area contributed by atoms with Crippen LogP contribution < -0.4 is 0 Å². The third-order valence-corrected chi connectivity index (χ3v) is 6.61. The van der Waals surface area contributed by atoms with Crippen LogP contribution in [0.1, 0.15) is 126 Å². The van der Waals surface area contributed by atoms with Gasteiger partial charge in [0.25, 0.3) is 0 Å². The molecule has 0 aromatic rings. The van der Waals surface area contributed by atoms with Gasteiger partial charge in [-0.05, 0) is 70.6 Å². The first kappa shape index (κ1) is 29.0. The molecular formula is C30H54. The fraction of sp³-hybridized carbons (Fsp3) is 0.733. The van der Waals surface area contributed by atoms with Crippen LogP contribution in [0.3, 0.4) is 0 Å². The van der Waals surface area contributed by atoms with Gasteiger partial charge in [-0.25, -0.2) is 0 Å². The minimum absolute atomic E-state index is 0.725. The molecule has 3 atom stereocenters. The normalized spacial score (nSPS) is 14.8. The Morgan fingerprint density at radius 2 is 1.23 bits per heavy atom. The number of hydrogen-bond acceptors (Lipinski definition) is 0. The molecule has 0 fully saturated rings. The Hall–Kier alpha value is -1.04. The lowest BCUT2D eigenvalue weighted by Gasteiger charge is -2.17. The van der Waals surface area contributed by atoms with Crippen LogP contribution in [0.5, 0.6) is 0 Å². The van der Waals surface area contributed by atoms with Crippen molar-refractivity contribution in [1.29, 1.82) is 0 Å². The molecule has 0 bridgehead atoms. The van der Waals surface area contributed by atoms with Gasteiger partial charge in [0.15, 0.2) is 0 Å². The van der Waals surface area contributed by atoms with Gasteiger partial charge in [-0.3, -0.25) is 0 Å². The largest absolute Gasteiger partial charge is 0.0956 e. The van der Waals surface area contributed by atoms with Crippen molar-refractivity contribution in [2.75, 3.05) is 0 Å². The summed E-state index contributed by atoms with van der Waals surface area (Å²) in [6, 6.07) is 0. The molecule has 0 N–H and O–H groups in total. The van der Waals surface area contributed by atoms with Gasteiger partial charge < -0.3 is 0 Å². The van der Waals surface area contributed by atoms with Gasteiger partial charge in [0.1, 0.15) is 0 Å². The van der Waals surface area contributed by atoms with Crippen molar-refractivity contribution >= 4 is 0 Å². The summed E-state index contributed by atoms with van der Waals surface area (Å²) in [4.78, 5) is 0. The SMILES string of the molecule is C=C(CCC=C(C)CCC=C(C)C)C(=C)CC(C)CCCC(C)CCCC(C)CC. The maximum absolute atomic E-state index is 4.34. The molecule has 0 saturated carbocycles. The zero-order chi connectivity index (χ0) is 22.9. The van der Waals surface area contributed by atoms with E-state index in [4.69, 9.17) is 0 Å². The van der Waals surface area contributed by atoms with Gasteiger partial charge in [-0.1, -0.05) is 120 Å². The second-order valence-corrected chi connectivity index (χ2v) is 10.4. The van der Waals surface area contributed by atoms with Crippen LogP contribution in [0.4, 0.5) is 0 Å². The highest BCUT2D eigenvalue weighted by Gasteiger charge is 2.09. The lowest BCUT2D eigenvalue weighted by Crippen LogP contribution is -2.02. The molecule has 0 heterocycles. The van der Waals surface area contributed by atoms with E-state index in [1.54, 1.807) is 0 Å². The molecule has 0 radical (unpaired) electrons. The highest BCUT2D eigenvalue weighted by Crippen LogP contribution is 2.25. The van der Waals surface area contributed by atoms with Crippen LogP contribution in [0.15, 0.2) is 47.6 Å². The van der Waals surface area contributed by atoms with Crippen molar-refractivity contribution in [3.63, 3.8) is 0 Å². The Balaban J connectivity index is 3.97. The lowest BCUT2D eigenvalue weighted by atomic mass is 9.89. The van der Waals surface area contributed by atoms with Gasteiger partial charge in [0.2, 0.25) is 0 Å². The smallest absolute Gasteiger partial charge is 0.0247 e. The van der Waals surface area contributed by atoms with Crippen LogP contribution in [-0.2, 0) is 0 Å². The summed E-state index contributed by atoms with van der Waals surface area (Å²) >= 11 is 0. The lowest BCUT2D eigenvalue weighted by molar-refractivity contribution is 0.391. The van der Waals surface area contributed by atoms with Gasteiger partial charge in [0, 0.05) is 0 Å². The quantitative estimate of drug-likeness (QED) is 0.154. The Labute approximate surface area is 191 Å². The predicted molar refractivity (Wildman–Crippen MR) is 140 cm³/mol. The van der Waals surface area contributed by atoms with Crippen LogP contribution in [-0.4, -0.2) is 0 Å². The van der Waals surface area contributed by atoms with Gasteiger partial charge >= 0.3 is 0 Å². The van der Waals surface area contributed by atoms with Gasteiger partial charge in [0.05, 0.1) is 0 Å². The van der Waals surface area contributed by atoms with Crippen molar-refractivity contribution in [2.45, 2.75) is 126 Å². The van der Waals surface area contributed by atoms with E-state index >= 15 is 0 Å². The van der Waals surface area contributed by atoms with Crippen molar-refractivity contribution < 1.29 is 0 Å². The summed E-state index contributed by atoms with van der Waals surface area (Å²) < 4.78 is 0.